The Labute approximate surface area is 545 Å². The van der Waals surface area contributed by atoms with Crippen molar-refractivity contribution >= 4 is 74.8 Å². The molecule has 17 heteroatoms. The number of anilines is 2. The minimum atomic E-state index is -1.61. The van der Waals surface area contributed by atoms with Crippen LogP contribution in [0.3, 0.4) is 0 Å². The zero-order valence-corrected chi connectivity index (χ0v) is 52.3. The quantitative estimate of drug-likeness (QED) is 0.0154. The molecule has 2 atom stereocenters. The van der Waals surface area contributed by atoms with Gasteiger partial charge in [0.25, 0.3) is 11.8 Å². The van der Waals surface area contributed by atoms with Crippen LogP contribution in [0.4, 0.5) is 11.5 Å². The Bertz CT molecular complexity index is 4130. The minimum absolute atomic E-state index is 0.0879. The highest BCUT2D eigenvalue weighted by molar-refractivity contribution is 6.13. The lowest BCUT2D eigenvalue weighted by molar-refractivity contribution is -0.137. The van der Waals surface area contributed by atoms with E-state index in [2.05, 4.69) is 43.1 Å². The second-order valence-corrected chi connectivity index (χ2v) is 23.5. The molecule has 7 N–H and O–H groups in total. The van der Waals surface area contributed by atoms with Crippen LogP contribution in [-0.2, 0) is 57.6 Å². The van der Waals surface area contributed by atoms with Crippen molar-refractivity contribution in [2.45, 2.75) is 94.4 Å². The number of nitrogens with one attached hydrogen (secondary N) is 5. The number of rotatable bonds is 28. The molecule has 0 fully saturated rings. The maximum absolute atomic E-state index is 15.4. The van der Waals surface area contributed by atoms with Gasteiger partial charge in [-0.25, -0.2) is 9.97 Å². The van der Waals surface area contributed by atoms with Crippen LogP contribution in [-0.4, -0.2) is 79.4 Å². The normalized spacial score (nSPS) is 12.9. The zero-order valence-electron chi connectivity index (χ0n) is 52.3. The predicted octanol–water partition coefficient (Wildman–Crippen LogP) is 10.9. The molecular formula is C77H74N10O7. The highest BCUT2D eigenvalue weighted by atomic mass is 16.2. The molecule has 0 aliphatic carbocycles. The fraction of sp³-hybridized carbons (Fsp3) is 0.208. The molecule has 0 bridgehead atoms. The summed E-state index contributed by atoms with van der Waals surface area (Å²) in [5.41, 5.74) is 11.8. The van der Waals surface area contributed by atoms with E-state index in [1.54, 1.807) is 12.1 Å². The number of hydrogen-bond acceptors (Lipinski definition) is 10. The van der Waals surface area contributed by atoms with Crippen LogP contribution < -0.4 is 32.3 Å². The fourth-order valence-corrected chi connectivity index (χ4v) is 12.5. The van der Waals surface area contributed by atoms with Crippen molar-refractivity contribution in [2.75, 3.05) is 17.6 Å². The van der Waals surface area contributed by atoms with Gasteiger partial charge in [-0.15, -0.1) is 0 Å². The summed E-state index contributed by atoms with van der Waals surface area (Å²) in [4.78, 5) is 111. The molecule has 8 aromatic carbocycles. The van der Waals surface area contributed by atoms with E-state index in [0.717, 1.165) is 78.9 Å². The third kappa shape index (κ3) is 14.4. The van der Waals surface area contributed by atoms with Crippen LogP contribution in [0.25, 0.3) is 21.9 Å². The monoisotopic (exact) mass is 1250 g/mol. The molecule has 17 nitrogen and oxygen atoms in total. The lowest BCUT2D eigenvalue weighted by Crippen LogP contribution is -2.57. The summed E-state index contributed by atoms with van der Waals surface area (Å²) in [5.74, 6) is -3.08. The molecule has 10 aromatic rings. The number of carbonyl (C=O) groups is 7. The lowest BCUT2D eigenvalue weighted by atomic mass is 9.77. The van der Waals surface area contributed by atoms with Crippen molar-refractivity contribution < 1.29 is 33.6 Å². The van der Waals surface area contributed by atoms with Gasteiger partial charge in [0.15, 0.2) is 5.82 Å². The first kappa shape index (κ1) is 64.2. The first-order chi connectivity index (χ1) is 45.8. The third-order valence-electron chi connectivity index (χ3n) is 17.1. The molecular weight excluding hydrogens is 1180 g/mol. The predicted molar refractivity (Wildman–Crippen MR) is 364 cm³/mol. The smallest absolute Gasteiger partial charge is 0.253 e. The largest absolute Gasteiger partial charge is 0.382 e. The average Bonchev–Trinajstić information content (AvgIpc) is 1.20. The minimum Gasteiger partial charge on any atom is -0.382 e. The molecule has 1 aliphatic heterocycles. The van der Waals surface area contributed by atoms with Gasteiger partial charge in [0, 0.05) is 49.2 Å². The van der Waals surface area contributed by atoms with Gasteiger partial charge in [-0.05, 0) is 76.4 Å². The van der Waals surface area contributed by atoms with E-state index in [0.29, 0.717) is 49.2 Å². The highest BCUT2D eigenvalue weighted by Gasteiger charge is 2.42. The number of carbonyl (C=O) groups excluding carboxylic acids is 7. The van der Waals surface area contributed by atoms with Gasteiger partial charge >= 0.3 is 0 Å². The second kappa shape index (κ2) is 29.7. The molecule has 474 valence electrons. The Morgan fingerprint density at radius 3 is 1.40 bits per heavy atom. The summed E-state index contributed by atoms with van der Waals surface area (Å²) < 4.78 is 2.17. The Morgan fingerprint density at radius 2 is 0.936 bits per heavy atom. The number of para-hydroxylation sites is 1. The van der Waals surface area contributed by atoms with Crippen molar-refractivity contribution in [3.8, 4) is 0 Å². The first-order valence-corrected chi connectivity index (χ1v) is 31.9. The van der Waals surface area contributed by atoms with Gasteiger partial charge < -0.3 is 36.9 Å². The molecule has 3 heterocycles. The summed E-state index contributed by atoms with van der Waals surface area (Å²) in [6.45, 7) is 2.72. The first-order valence-electron chi connectivity index (χ1n) is 31.9. The number of benzene rings is 8. The van der Waals surface area contributed by atoms with E-state index in [1.807, 2.05) is 218 Å². The Hall–Kier alpha value is -11.3. The van der Waals surface area contributed by atoms with E-state index in [4.69, 9.17) is 10.7 Å². The van der Waals surface area contributed by atoms with Crippen molar-refractivity contribution in [2.24, 2.45) is 0 Å². The van der Waals surface area contributed by atoms with E-state index < -0.39 is 77.4 Å². The van der Waals surface area contributed by atoms with Gasteiger partial charge in [0.1, 0.15) is 34.5 Å². The van der Waals surface area contributed by atoms with Crippen LogP contribution in [0.2, 0.25) is 0 Å². The van der Waals surface area contributed by atoms with E-state index in [1.165, 1.54) is 12.2 Å². The summed E-state index contributed by atoms with van der Waals surface area (Å²) in [6, 6.07) is 68.6. The molecule has 0 radical (unpaired) electrons. The van der Waals surface area contributed by atoms with Gasteiger partial charge in [0.2, 0.25) is 29.5 Å². The number of pyridine rings is 1. The number of nitrogens with two attached hydrogens (primary N) is 1. The summed E-state index contributed by atoms with van der Waals surface area (Å²) in [7, 11) is 0. The number of fused-ring (bicyclic) bond motifs is 3. The molecule has 7 amide bonds. The molecule has 0 saturated carbocycles. The summed E-state index contributed by atoms with van der Waals surface area (Å²) in [6.07, 6.45) is 4.92. The number of nitrogen functional groups attached to an aromatic ring is 1. The maximum Gasteiger partial charge on any atom is 0.253 e. The van der Waals surface area contributed by atoms with Crippen LogP contribution in [0.15, 0.2) is 243 Å². The molecule has 11 rings (SSSR count). The van der Waals surface area contributed by atoms with Crippen LogP contribution >= 0.6 is 0 Å². The zero-order chi connectivity index (χ0) is 65.4. The molecule has 0 spiro atoms. The Balaban J connectivity index is 0.924. The van der Waals surface area contributed by atoms with Gasteiger partial charge in [-0.1, -0.05) is 232 Å². The summed E-state index contributed by atoms with van der Waals surface area (Å²) in [5, 5.41) is 16.2. The van der Waals surface area contributed by atoms with Crippen molar-refractivity contribution in [1.82, 2.24) is 40.7 Å². The van der Waals surface area contributed by atoms with Gasteiger partial charge in [-0.3, -0.25) is 38.5 Å². The second-order valence-electron chi connectivity index (χ2n) is 23.5. The number of aryl methyl sites for hydroxylation is 1. The lowest BCUT2D eigenvalue weighted by Gasteiger charge is -2.37. The van der Waals surface area contributed by atoms with E-state index in [-0.39, 0.29) is 13.0 Å². The topological polar surface area (TPSA) is 240 Å². The van der Waals surface area contributed by atoms with Crippen LogP contribution in [0.1, 0.15) is 103 Å². The van der Waals surface area contributed by atoms with E-state index >= 15 is 19.2 Å². The highest BCUT2D eigenvalue weighted by Crippen LogP contribution is 2.39. The molecule has 0 saturated heterocycles. The number of aromatic nitrogens is 3. The van der Waals surface area contributed by atoms with Gasteiger partial charge in [-0.2, -0.15) is 0 Å². The van der Waals surface area contributed by atoms with Crippen molar-refractivity contribution in [3.63, 3.8) is 0 Å². The molecule has 0 unspecified atom stereocenters. The fourth-order valence-electron chi connectivity index (χ4n) is 12.5. The molecule has 94 heavy (non-hydrogen) atoms. The average molecular weight is 1250 g/mol. The third-order valence-corrected chi connectivity index (χ3v) is 17.1. The number of nitrogens with zero attached hydrogens (tertiary/aromatic N) is 4. The van der Waals surface area contributed by atoms with Crippen LogP contribution in [0.5, 0.6) is 0 Å². The number of hydrogen-bond donors (Lipinski definition) is 6. The number of imide groups is 1. The summed E-state index contributed by atoms with van der Waals surface area (Å²) >= 11 is 0. The van der Waals surface area contributed by atoms with Gasteiger partial charge in [0.05, 0.1) is 23.9 Å². The number of imidazole rings is 1. The van der Waals surface area contributed by atoms with Crippen molar-refractivity contribution in [3.05, 3.63) is 287 Å². The van der Waals surface area contributed by atoms with E-state index in [9.17, 15) is 14.4 Å². The Morgan fingerprint density at radius 1 is 0.489 bits per heavy atom. The molecule has 2 aromatic heterocycles. The van der Waals surface area contributed by atoms with Crippen LogP contribution in [0, 0.1) is 0 Å². The molecule has 1 aliphatic rings. The maximum atomic E-state index is 15.4. The number of unbranched alkanes of at least 4 members (excludes halogenated alkanes) is 3. The number of amides is 7. The standard InChI is InChI=1S/C77H74N10O7/c1-2-3-41-65-83-71-72(61-39-24-25-40-62(61)81-73(71)78)87(65)52-53-43-45-60(46-44-53)79-74(93)64(51-68(90)85-77(57-33-17-7-18-34-57,58-35-19-8-20-36-58)59-37-21-9-22-38-59)82-75(94)63(80-66(88)42-23-10-26-49-86-69(91)47-48-70(86)92)50-67(89)84-76(54-27-11-4-12-28-54,55-29-13-5-14-30-55)56-31-15-6-16-32-56/h4-9,11-22,24-25,27-40,43-48,63-64H,2-3,10,23,26,41-42,49-52H2,1H3,(H2,78,81)(H,79,93)(H,80,88)(H,82,94)(H,84,89)(H,85,90)/t63-,64-/m0/s1. The SMILES string of the molecule is CCCCc1nc2c(N)nc3ccccc3c2n1Cc1ccc(NC(=O)[C@H](CC(=O)NC(c2ccccc2)(c2ccccc2)c2ccccc2)NC(=O)[C@H](CC(=O)NC(c2ccccc2)(c2ccccc2)c2ccccc2)NC(=O)CCCCCN2C(=O)C=CC2=O)cc1. The Kier molecular flexibility index (Phi) is 20.3. The van der Waals surface area contributed by atoms with Crippen molar-refractivity contribution in [1.29, 1.82) is 0 Å².